The van der Waals surface area contributed by atoms with Gasteiger partial charge in [-0.2, -0.15) is 5.10 Å². The molecule has 1 aliphatic rings. The van der Waals surface area contributed by atoms with Crippen molar-refractivity contribution in [2.75, 3.05) is 16.8 Å². The number of halogens is 1. The number of amides is 2. The van der Waals surface area contributed by atoms with Crippen molar-refractivity contribution in [2.24, 2.45) is 0 Å². The predicted octanol–water partition coefficient (Wildman–Crippen LogP) is 3.31. The summed E-state index contributed by atoms with van der Waals surface area (Å²) >= 11 is 6.21. The first kappa shape index (κ1) is 35.1. The van der Waals surface area contributed by atoms with Crippen LogP contribution in [0.25, 0.3) is 0 Å². The number of carboxylic acid groups (broad SMARTS) is 1. The summed E-state index contributed by atoms with van der Waals surface area (Å²) in [6.07, 6.45) is 9.29. The smallest absolute Gasteiger partial charge is 0.356 e. The highest BCUT2D eigenvalue weighted by atomic mass is 35.5. The van der Waals surface area contributed by atoms with Crippen LogP contribution in [-0.2, 0) is 16.0 Å². The van der Waals surface area contributed by atoms with Crippen LogP contribution in [0.3, 0.4) is 0 Å². The Hall–Kier alpha value is -7.81. The zero-order valence-corrected chi connectivity index (χ0v) is 26.7. The van der Waals surface area contributed by atoms with E-state index >= 15 is 0 Å². The van der Waals surface area contributed by atoms with Gasteiger partial charge in [0.2, 0.25) is 6.04 Å². The number of benzene rings is 2. The van der Waals surface area contributed by atoms with Gasteiger partial charge in [-0.15, -0.1) is 6.42 Å². The van der Waals surface area contributed by atoms with Gasteiger partial charge in [-0.25, -0.2) is 9.48 Å². The molecule has 1 unspecified atom stereocenters. The van der Waals surface area contributed by atoms with Gasteiger partial charge >= 0.3 is 5.97 Å². The van der Waals surface area contributed by atoms with Crippen LogP contribution in [0, 0.1) is 114 Å². The van der Waals surface area contributed by atoms with Crippen LogP contribution < -0.4 is 15.0 Å². The third-order valence-corrected chi connectivity index (χ3v) is 6.61. The molecule has 1 aliphatic heterocycles. The van der Waals surface area contributed by atoms with Gasteiger partial charge in [-0.3, -0.25) is 9.59 Å². The number of terminal acetylenes is 1. The minimum absolute atomic E-state index is 0.0946. The highest BCUT2D eigenvalue weighted by Gasteiger charge is 2.37. The lowest BCUT2D eigenvalue weighted by Crippen LogP contribution is -2.42. The van der Waals surface area contributed by atoms with Crippen LogP contribution in [0.15, 0.2) is 48.7 Å². The predicted molar refractivity (Wildman–Crippen MR) is 187 cm³/mol. The van der Waals surface area contributed by atoms with E-state index in [-0.39, 0.29) is 27.7 Å². The van der Waals surface area contributed by atoms with E-state index in [0.29, 0.717) is 18.7 Å². The number of ether oxygens (including phenoxy) is 1. The van der Waals surface area contributed by atoms with E-state index in [4.69, 9.17) is 22.8 Å². The van der Waals surface area contributed by atoms with Gasteiger partial charge in [-0.1, -0.05) is 29.8 Å². The quantitative estimate of drug-likeness (QED) is 0.308. The summed E-state index contributed by atoms with van der Waals surface area (Å²) in [6, 6.07) is 10.1. The highest BCUT2D eigenvalue weighted by molar-refractivity contribution is 6.31. The van der Waals surface area contributed by atoms with Crippen molar-refractivity contribution in [3.05, 3.63) is 70.5 Å². The lowest BCUT2D eigenvalue weighted by atomic mass is 10.1. The maximum Gasteiger partial charge on any atom is 0.356 e. The van der Waals surface area contributed by atoms with Crippen molar-refractivity contribution >= 4 is 40.8 Å². The van der Waals surface area contributed by atoms with Gasteiger partial charge in [-0.05, 0) is 90.5 Å². The molecular weight excluding hydrogens is 652 g/mol. The number of aromatic carboxylic acids is 1. The fourth-order valence-corrected chi connectivity index (χ4v) is 4.50. The second-order valence-corrected chi connectivity index (χ2v) is 10.0. The third-order valence-electron chi connectivity index (χ3n) is 6.38. The molecule has 4 rings (SSSR count). The van der Waals surface area contributed by atoms with E-state index < -0.39 is 23.8 Å². The standard InChI is InChI=1S/C40H19ClN4O5/c1-3-4-5-6-7-8-9-10-11-12-13-14-15-16-17-20-27-50-35-24-23-32(41)28-33(35)42-38(46)37(45-29-30(2)36(43-45)40(48)49)39(47)44-26-25-31-21-18-19-22-34(31)44/h1,18-19,21-24,28-29,37H,25-26H2,2H3,(H,42,46)(H,48,49). The van der Waals surface area contributed by atoms with Crippen LogP contribution >= 0.6 is 11.6 Å². The number of fused-ring (bicyclic) bond motifs is 1. The van der Waals surface area contributed by atoms with Crippen LogP contribution in [0.2, 0.25) is 5.02 Å². The molecule has 1 aromatic heterocycles. The summed E-state index contributed by atoms with van der Waals surface area (Å²) in [5, 5.41) is 16.5. The number of nitrogens with one attached hydrogen (secondary N) is 1. The van der Waals surface area contributed by atoms with E-state index in [1.165, 1.54) is 36.2 Å². The van der Waals surface area contributed by atoms with Crippen LogP contribution in [0.1, 0.15) is 27.7 Å². The summed E-state index contributed by atoms with van der Waals surface area (Å²) < 4.78 is 6.54. The van der Waals surface area contributed by atoms with Crippen molar-refractivity contribution in [1.29, 1.82) is 0 Å². The van der Waals surface area contributed by atoms with E-state index in [1.54, 1.807) is 12.1 Å². The monoisotopic (exact) mass is 670 g/mol. The van der Waals surface area contributed by atoms with Crippen LogP contribution in [-0.4, -0.2) is 39.2 Å². The SMILES string of the molecule is C#CC#CC#CC#CC#CC#CC#CC#CC#COc1ccc(Cl)cc1NC(=O)C(C(=O)N1CCc2ccccc21)n1cc(C)c(C(=O)O)n1. The average molecular weight is 671 g/mol. The van der Waals surface area contributed by atoms with Crippen LogP contribution in [0.4, 0.5) is 11.4 Å². The first-order valence-corrected chi connectivity index (χ1v) is 14.6. The molecule has 0 aliphatic carbocycles. The minimum Gasteiger partial charge on any atom is -0.476 e. The molecule has 1 atom stereocenters. The molecule has 0 radical (unpaired) electrons. The Balaban J connectivity index is 1.49. The Labute approximate surface area is 293 Å². The van der Waals surface area contributed by atoms with Crippen LogP contribution in [0.5, 0.6) is 5.75 Å². The number of aromatic nitrogens is 2. The van der Waals surface area contributed by atoms with Gasteiger partial charge in [0.05, 0.1) is 5.69 Å². The lowest BCUT2D eigenvalue weighted by Gasteiger charge is -2.24. The molecule has 0 spiro atoms. The minimum atomic E-state index is -1.57. The van der Waals surface area contributed by atoms with Crippen molar-refractivity contribution in [2.45, 2.75) is 19.4 Å². The van der Waals surface area contributed by atoms with E-state index in [2.05, 4.69) is 111 Å². The molecule has 0 saturated carbocycles. The lowest BCUT2D eigenvalue weighted by molar-refractivity contribution is -0.130. The average Bonchev–Trinajstić information content (AvgIpc) is 3.70. The summed E-state index contributed by atoms with van der Waals surface area (Å²) in [5.74, 6) is 36.4. The molecule has 0 saturated heterocycles. The number of anilines is 2. The molecule has 2 amide bonds. The number of para-hydroxylation sites is 1. The molecule has 9 nitrogen and oxygen atoms in total. The zero-order chi connectivity index (χ0) is 35.7. The van der Waals surface area contributed by atoms with Crippen molar-refractivity contribution < 1.29 is 24.2 Å². The number of carboxylic acids is 1. The van der Waals surface area contributed by atoms with Gasteiger partial charge in [0.1, 0.15) is 6.11 Å². The summed E-state index contributed by atoms with van der Waals surface area (Å²) in [6.45, 7) is 1.85. The maximum absolute atomic E-state index is 13.9. The highest BCUT2D eigenvalue weighted by Crippen LogP contribution is 2.32. The van der Waals surface area contributed by atoms with Gasteiger partial charge in [0.25, 0.3) is 11.8 Å². The first-order valence-electron chi connectivity index (χ1n) is 14.2. The molecule has 2 aromatic carbocycles. The normalized spacial score (nSPS) is 10.1. The van der Waals surface area contributed by atoms with E-state index in [0.717, 1.165) is 10.2 Å². The summed E-state index contributed by atoms with van der Waals surface area (Å²) in [7, 11) is 0. The third kappa shape index (κ3) is 9.60. The molecule has 50 heavy (non-hydrogen) atoms. The van der Waals surface area contributed by atoms with E-state index in [1.807, 2.05) is 12.1 Å². The first-order chi connectivity index (χ1) is 24.3. The molecular formula is C40H19ClN4O5. The molecule has 2 heterocycles. The zero-order valence-electron chi connectivity index (χ0n) is 26.0. The van der Waals surface area contributed by atoms with Gasteiger partial charge in [0.15, 0.2) is 11.4 Å². The number of nitrogens with zero attached hydrogens (tertiary/aromatic N) is 3. The number of aryl methyl sites for hydroxylation is 1. The summed E-state index contributed by atoms with van der Waals surface area (Å²) in [5.41, 5.74) is 1.67. The fourth-order valence-electron chi connectivity index (χ4n) is 4.33. The Morgan fingerprint density at radius 3 is 2.10 bits per heavy atom. The molecule has 10 heteroatoms. The largest absolute Gasteiger partial charge is 0.476 e. The van der Waals surface area contributed by atoms with Gasteiger partial charge in [0, 0.05) is 76.4 Å². The molecule has 3 aromatic rings. The Morgan fingerprint density at radius 2 is 1.50 bits per heavy atom. The molecule has 0 fully saturated rings. The Morgan fingerprint density at radius 1 is 0.900 bits per heavy atom. The second-order valence-electron chi connectivity index (χ2n) is 9.57. The number of carbonyl (C=O) groups is 3. The number of hydrogen-bond donors (Lipinski definition) is 2. The molecule has 236 valence electrons. The van der Waals surface area contributed by atoms with Crippen molar-refractivity contribution in [3.8, 4) is 113 Å². The second kappa shape index (κ2) is 17.8. The van der Waals surface area contributed by atoms with Gasteiger partial charge < -0.3 is 20.1 Å². The van der Waals surface area contributed by atoms with Crippen molar-refractivity contribution in [1.82, 2.24) is 9.78 Å². The number of hydrogen-bond acceptors (Lipinski definition) is 5. The Kier molecular flexibility index (Phi) is 12.5. The van der Waals surface area contributed by atoms with Crippen molar-refractivity contribution in [3.63, 3.8) is 0 Å². The summed E-state index contributed by atoms with van der Waals surface area (Å²) in [4.78, 5) is 41.0. The number of rotatable bonds is 6. The molecule has 2 N–H and O–H groups in total. The van der Waals surface area contributed by atoms with E-state index in [9.17, 15) is 19.5 Å². The molecule has 0 bridgehead atoms. The number of carbonyl (C=O) groups excluding carboxylic acids is 2. The Bertz CT molecular complexity index is 2470. The fraction of sp³-hybridized carbons (Fsp3) is 0.100. The topological polar surface area (TPSA) is 114 Å². The maximum atomic E-state index is 13.9.